The molecule has 0 spiro atoms. The Kier molecular flexibility index (Phi) is 3.82. The summed E-state index contributed by atoms with van der Waals surface area (Å²) in [6.45, 7) is 0.537. The van der Waals surface area contributed by atoms with E-state index in [-0.39, 0.29) is 5.28 Å². The molecular formula is C14H11ClN2O2S. The summed E-state index contributed by atoms with van der Waals surface area (Å²) in [6, 6.07) is 9.59. The highest BCUT2D eigenvalue weighted by Gasteiger charge is 2.10. The maximum Gasteiger partial charge on any atom is 0.232 e. The van der Waals surface area contributed by atoms with Crippen LogP contribution >= 0.6 is 22.9 Å². The number of methoxy groups -OCH3 is 1. The monoisotopic (exact) mass is 306 g/mol. The van der Waals surface area contributed by atoms with Crippen molar-refractivity contribution in [1.82, 2.24) is 9.97 Å². The number of aromatic nitrogens is 2. The number of ether oxygens (including phenoxy) is 2. The average Bonchev–Trinajstić information content (AvgIpc) is 2.87. The fourth-order valence-corrected chi connectivity index (χ4v) is 2.82. The largest absolute Gasteiger partial charge is 0.438 e. The molecule has 20 heavy (non-hydrogen) atoms. The first-order chi connectivity index (χ1) is 9.76. The van der Waals surface area contributed by atoms with Gasteiger partial charge in [-0.1, -0.05) is 12.1 Å². The van der Waals surface area contributed by atoms with E-state index in [2.05, 4.69) is 9.97 Å². The van der Waals surface area contributed by atoms with Crippen LogP contribution in [0.3, 0.4) is 0 Å². The lowest BCUT2D eigenvalue weighted by atomic mass is 10.2. The second-order valence-electron chi connectivity index (χ2n) is 4.12. The molecule has 0 amide bonds. The van der Waals surface area contributed by atoms with Gasteiger partial charge in [-0.2, -0.15) is 4.98 Å². The Morgan fingerprint density at radius 3 is 3.00 bits per heavy atom. The predicted octanol–water partition coefficient (Wildman–Crippen LogP) is 4.28. The lowest BCUT2D eigenvalue weighted by molar-refractivity contribution is 0.184. The lowest BCUT2D eigenvalue weighted by Gasteiger charge is -2.07. The summed E-state index contributed by atoms with van der Waals surface area (Å²) in [7, 11) is 1.66. The molecule has 0 aliphatic carbocycles. The molecule has 0 unspecified atom stereocenters. The fraction of sp³-hybridized carbons (Fsp3) is 0.143. The molecule has 0 N–H and O–H groups in total. The average molecular weight is 307 g/mol. The number of halogens is 1. The molecular weight excluding hydrogens is 296 g/mol. The van der Waals surface area contributed by atoms with Gasteiger partial charge in [0.05, 0.1) is 12.0 Å². The van der Waals surface area contributed by atoms with Crippen LogP contribution < -0.4 is 4.74 Å². The van der Waals surface area contributed by atoms with Crippen LogP contribution in [0, 0.1) is 0 Å². The molecule has 0 fully saturated rings. The zero-order valence-corrected chi connectivity index (χ0v) is 12.2. The molecule has 6 heteroatoms. The summed E-state index contributed by atoms with van der Waals surface area (Å²) in [5, 5.41) is 2.98. The summed E-state index contributed by atoms with van der Waals surface area (Å²) in [5.41, 5.74) is 1.03. The number of hydrogen-bond donors (Lipinski definition) is 0. The van der Waals surface area contributed by atoms with E-state index in [9.17, 15) is 0 Å². The van der Waals surface area contributed by atoms with Gasteiger partial charge in [-0.25, -0.2) is 4.98 Å². The van der Waals surface area contributed by atoms with E-state index in [1.807, 2.05) is 35.7 Å². The van der Waals surface area contributed by atoms with Crippen LogP contribution in [-0.4, -0.2) is 17.1 Å². The SMILES string of the molecule is COCc1cccc(Oc2nc(Cl)nc3sccc23)c1. The van der Waals surface area contributed by atoms with Crippen LogP contribution in [-0.2, 0) is 11.3 Å². The molecule has 1 aromatic carbocycles. The zero-order chi connectivity index (χ0) is 13.9. The first-order valence-corrected chi connectivity index (χ1v) is 7.18. The molecule has 0 bridgehead atoms. The second kappa shape index (κ2) is 5.75. The van der Waals surface area contributed by atoms with Crippen molar-refractivity contribution in [3.8, 4) is 11.6 Å². The molecule has 102 valence electrons. The molecule has 3 aromatic rings. The van der Waals surface area contributed by atoms with Crippen LogP contribution in [0.5, 0.6) is 11.6 Å². The van der Waals surface area contributed by atoms with Crippen molar-refractivity contribution < 1.29 is 9.47 Å². The summed E-state index contributed by atoms with van der Waals surface area (Å²) >= 11 is 7.41. The number of nitrogens with zero attached hydrogens (tertiary/aromatic N) is 2. The lowest BCUT2D eigenvalue weighted by Crippen LogP contribution is -1.93. The first-order valence-electron chi connectivity index (χ1n) is 5.93. The van der Waals surface area contributed by atoms with Crippen molar-refractivity contribution in [2.24, 2.45) is 0 Å². The molecule has 0 radical (unpaired) electrons. The van der Waals surface area contributed by atoms with Crippen molar-refractivity contribution in [1.29, 1.82) is 0 Å². The summed E-state index contributed by atoms with van der Waals surface area (Å²) in [4.78, 5) is 9.12. The van der Waals surface area contributed by atoms with Gasteiger partial charge in [0, 0.05) is 7.11 Å². The Morgan fingerprint density at radius 2 is 2.15 bits per heavy atom. The number of thiophene rings is 1. The molecule has 2 heterocycles. The summed E-state index contributed by atoms with van der Waals surface area (Å²) in [5.74, 6) is 1.16. The van der Waals surface area contributed by atoms with Crippen LogP contribution in [0.1, 0.15) is 5.56 Å². The van der Waals surface area contributed by atoms with E-state index in [0.717, 1.165) is 15.8 Å². The van der Waals surface area contributed by atoms with E-state index < -0.39 is 0 Å². The third-order valence-corrected chi connectivity index (χ3v) is 3.66. The van der Waals surface area contributed by atoms with Crippen molar-refractivity contribution >= 4 is 33.2 Å². The molecule has 0 atom stereocenters. The molecule has 3 rings (SSSR count). The van der Waals surface area contributed by atoms with Crippen LogP contribution in [0.4, 0.5) is 0 Å². The molecule has 2 aromatic heterocycles. The minimum atomic E-state index is 0.183. The van der Waals surface area contributed by atoms with E-state index in [1.54, 1.807) is 7.11 Å². The molecule has 0 aliphatic rings. The number of benzene rings is 1. The van der Waals surface area contributed by atoms with E-state index >= 15 is 0 Å². The minimum absolute atomic E-state index is 0.183. The quantitative estimate of drug-likeness (QED) is 0.675. The topological polar surface area (TPSA) is 44.2 Å². The highest BCUT2D eigenvalue weighted by molar-refractivity contribution is 7.16. The van der Waals surface area contributed by atoms with E-state index in [0.29, 0.717) is 18.2 Å². The second-order valence-corrected chi connectivity index (χ2v) is 5.35. The standard InChI is InChI=1S/C14H11ClN2O2S/c1-18-8-9-3-2-4-10(7-9)19-12-11-5-6-20-13(11)17-14(15)16-12/h2-7H,8H2,1H3. The molecule has 0 saturated carbocycles. The van der Waals surface area contributed by atoms with Gasteiger partial charge >= 0.3 is 0 Å². The van der Waals surface area contributed by atoms with E-state index in [1.165, 1.54) is 11.3 Å². The van der Waals surface area contributed by atoms with Crippen molar-refractivity contribution in [3.63, 3.8) is 0 Å². The molecule has 0 saturated heterocycles. The maximum absolute atomic E-state index is 5.91. The Balaban J connectivity index is 1.96. The van der Waals surface area contributed by atoms with Crippen molar-refractivity contribution in [3.05, 3.63) is 46.6 Å². The van der Waals surface area contributed by atoms with Gasteiger partial charge in [-0.05, 0) is 40.7 Å². The highest BCUT2D eigenvalue weighted by Crippen LogP contribution is 2.31. The normalized spacial score (nSPS) is 10.9. The Labute approximate surface area is 125 Å². The Bertz CT molecular complexity index is 745. The van der Waals surface area contributed by atoms with Gasteiger partial charge in [0.15, 0.2) is 0 Å². The molecule has 4 nitrogen and oxygen atoms in total. The minimum Gasteiger partial charge on any atom is -0.438 e. The predicted molar refractivity (Wildman–Crippen MR) is 79.7 cm³/mol. The third kappa shape index (κ3) is 2.75. The van der Waals surface area contributed by atoms with Crippen LogP contribution in [0.25, 0.3) is 10.2 Å². The van der Waals surface area contributed by atoms with Gasteiger partial charge in [-0.15, -0.1) is 11.3 Å². The Hall–Kier alpha value is -1.69. The van der Waals surface area contributed by atoms with Crippen molar-refractivity contribution in [2.45, 2.75) is 6.61 Å². The fourth-order valence-electron chi connectivity index (χ4n) is 1.86. The maximum atomic E-state index is 5.91. The number of hydrogen-bond acceptors (Lipinski definition) is 5. The van der Waals surface area contributed by atoms with Crippen LogP contribution in [0.2, 0.25) is 5.28 Å². The van der Waals surface area contributed by atoms with E-state index in [4.69, 9.17) is 21.1 Å². The van der Waals surface area contributed by atoms with Gasteiger partial charge < -0.3 is 9.47 Å². The number of rotatable bonds is 4. The van der Waals surface area contributed by atoms with Crippen molar-refractivity contribution in [2.75, 3.05) is 7.11 Å². The van der Waals surface area contributed by atoms with Gasteiger partial charge in [-0.3, -0.25) is 0 Å². The smallest absolute Gasteiger partial charge is 0.232 e. The van der Waals surface area contributed by atoms with Gasteiger partial charge in [0.1, 0.15) is 10.6 Å². The molecule has 0 aliphatic heterocycles. The summed E-state index contributed by atoms with van der Waals surface area (Å²) < 4.78 is 10.9. The van der Waals surface area contributed by atoms with Crippen LogP contribution in [0.15, 0.2) is 35.7 Å². The number of fused-ring (bicyclic) bond motifs is 1. The van der Waals surface area contributed by atoms with Gasteiger partial charge in [0.2, 0.25) is 11.2 Å². The summed E-state index contributed by atoms with van der Waals surface area (Å²) in [6.07, 6.45) is 0. The third-order valence-electron chi connectivity index (χ3n) is 2.69. The highest BCUT2D eigenvalue weighted by atomic mass is 35.5. The zero-order valence-electron chi connectivity index (χ0n) is 10.7. The van der Waals surface area contributed by atoms with Gasteiger partial charge in [0.25, 0.3) is 0 Å². The Morgan fingerprint density at radius 1 is 1.25 bits per heavy atom. The first kappa shape index (κ1) is 13.3.